The van der Waals surface area contributed by atoms with Gasteiger partial charge in [0.05, 0.1) is 12.8 Å². The second-order valence-electron chi connectivity index (χ2n) is 3.22. The SMILES string of the molecule is COC(=O)[C@@H](N)Cc1nccc(C)c1F. The maximum Gasteiger partial charge on any atom is 0.323 e. The highest BCUT2D eigenvalue weighted by molar-refractivity contribution is 5.75. The van der Waals surface area contributed by atoms with Crippen LogP contribution in [-0.2, 0) is 16.0 Å². The normalized spacial score (nSPS) is 12.3. The number of carbonyl (C=O) groups excluding carboxylic acids is 1. The van der Waals surface area contributed by atoms with Crippen LogP contribution in [0.15, 0.2) is 12.3 Å². The van der Waals surface area contributed by atoms with Gasteiger partial charge in [-0.15, -0.1) is 0 Å². The van der Waals surface area contributed by atoms with E-state index < -0.39 is 17.8 Å². The van der Waals surface area contributed by atoms with Crippen molar-refractivity contribution >= 4 is 5.97 Å². The van der Waals surface area contributed by atoms with E-state index in [1.165, 1.54) is 13.3 Å². The number of aromatic nitrogens is 1. The fourth-order valence-corrected chi connectivity index (χ4v) is 1.18. The maximum absolute atomic E-state index is 13.5. The lowest BCUT2D eigenvalue weighted by Gasteiger charge is -2.09. The Labute approximate surface area is 87.3 Å². The summed E-state index contributed by atoms with van der Waals surface area (Å²) in [6.07, 6.45) is 1.53. The molecule has 0 aliphatic carbocycles. The van der Waals surface area contributed by atoms with Crippen molar-refractivity contribution in [1.82, 2.24) is 4.98 Å². The Balaban J connectivity index is 2.81. The van der Waals surface area contributed by atoms with E-state index in [9.17, 15) is 9.18 Å². The van der Waals surface area contributed by atoms with E-state index in [0.29, 0.717) is 5.56 Å². The molecule has 0 fully saturated rings. The molecule has 0 unspecified atom stereocenters. The standard InChI is InChI=1S/C10H13FN2O2/c1-6-3-4-13-8(9(6)11)5-7(12)10(14)15-2/h3-4,7H,5,12H2,1-2H3/t7-/m0/s1. The zero-order valence-electron chi connectivity index (χ0n) is 8.66. The van der Waals surface area contributed by atoms with Crippen LogP contribution < -0.4 is 5.73 Å². The Morgan fingerprint density at radius 2 is 2.40 bits per heavy atom. The Bertz CT molecular complexity index is 368. The molecule has 1 atom stereocenters. The Kier molecular flexibility index (Phi) is 3.74. The van der Waals surface area contributed by atoms with Crippen LogP contribution >= 0.6 is 0 Å². The Morgan fingerprint density at radius 1 is 1.73 bits per heavy atom. The molecule has 4 nitrogen and oxygen atoms in total. The molecule has 1 aromatic rings. The van der Waals surface area contributed by atoms with Crippen LogP contribution in [0.5, 0.6) is 0 Å². The minimum absolute atomic E-state index is 0.0419. The van der Waals surface area contributed by atoms with Gasteiger partial charge < -0.3 is 10.5 Å². The first-order chi connectivity index (χ1) is 7.06. The summed E-state index contributed by atoms with van der Waals surface area (Å²) in [4.78, 5) is 14.8. The molecule has 0 amide bonds. The molecular weight excluding hydrogens is 199 g/mol. The van der Waals surface area contributed by atoms with E-state index in [1.54, 1.807) is 13.0 Å². The second-order valence-corrected chi connectivity index (χ2v) is 3.22. The molecule has 1 rings (SSSR count). The summed E-state index contributed by atoms with van der Waals surface area (Å²) < 4.78 is 17.9. The van der Waals surface area contributed by atoms with E-state index in [2.05, 4.69) is 9.72 Å². The average molecular weight is 212 g/mol. The summed E-state index contributed by atoms with van der Waals surface area (Å²) in [5.74, 6) is -0.991. The van der Waals surface area contributed by atoms with Crippen molar-refractivity contribution in [3.05, 3.63) is 29.3 Å². The molecule has 1 aromatic heterocycles. The number of hydrogen-bond acceptors (Lipinski definition) is 4. The molecule has 0 spiro atoms. The number of halogens is 1. The van der Waals surface area contributed by atoms with Gasteiger partial charge in [-0.2, -0.15) is 0 Å². The molecule has 82 valence electrons. The average Bonchev–Trinajstić information content (AvgIpc) is 2.23. The molecule has 0 saturated heterocycles. The van der Waals surface area contributed by atoms with E-state index in [-0.39, 0.29) is 12.1 Å². The third-order valence-corrected chi connectivity index (χ3v) is 2.07. The summed E-state index contributed by atoms with van der Waals surface area (Å²) >= 11 is 0. The Hall–Kier alpha value is -1.49. The van der Waals surface area contributed by atoms with Crippen molar-refractivity contribution in [2.24, 2.45) is 5.73 Å². The summed E-state index contributed by atoms with van der Waals surface area (Å²) in [5, 5.41) is 0. The number of aryl methyl sites for hydroxylation is 1. The number of rotatable bonds is 3. The second kappa shape index (κ2) is 4.84. The monoisotopic (exact) mass is 212 g/mol. The molecule has 0 aromatic carbocycles. The number of methoxy groups -OCH3 is 1. The summed E-state index contributed by atoms with van der Waals surface area (Å²) in [6.45, 7) is 1.63. The predicted octanol–water partition coefficient (Wildman–Crippen LogP) is 0.572. The molecular formula is C10H13FN2O2. The minimum Gasteiger partial charge on any atom is -0.468 e. The number of carbonyl (C=O) groups is 1. The number of nitrogens with two attached hydrogens (primary N) is 1. The van der Waals surface area contributed by atoms with Crippen molar-refractivity contribution in [3.8, 4) is 0 Å². The quantitative estimate of drug-likeness (QED) is 0.744. The van der Waals surface area contributed by atoms with E-state index in [1.807, 2.05) is 0 Å². The van der Waals surface area contributed by atoms with Gasteiger partial charge in [0.1, 0.15) is 11.9 Å². The van der Waals surface area contributed by atoms with Gasteiger partial charge in [-0.1, -0.05) is 0 Å². The van der Waals surface area contributed by atoms with Crippen molar-refractivity contribution in [2.45, 2.75) is 19.4 Å². The van der Waals surface area contributed by atoms with E-state index in [4.69, 9.17) is 5.73 Å². The number of pyridine rings is 1. The molecule has 0 bridgehead atoms. The van der Waals surface area contributed by atoms with Gasteiger partial charge in [-0.25, -0.2) is 4.39 Å². The molecule has 0 aliphatic heterocycles. The van der Waals surface area contributed by atoms with Crippen molar-refractivity contribution < 1.29 is 13.9 Å². The van der Waals surface area contributed by atoms with Gasteiger partial charge in [-0.05, 0) is 18.6 Å². The lowest BCUT2D eigenvalue weighted by molar-refractivity contribution is -0.142. The van der Waals surface area contributed by atoms with Gasteiger partial charge in [0.25, 0.3) is 0 Å². The summed E-state index contributed by atoms with van der Waals surface area (Å²) in [5.41, 5.74) is 6.17. The largest absolute Gasteiger partial charge is 0.468 e. The highest BCUT2D eigenvalue weighted by Crippen LogP contribution is 2.10. The molecule has 1 heterocycles. The van der Waals surface area contributed by atoms with Gasteiger partial charge in [0.2, 0.25) is 0 Å². The highest BCUT2D eigenvalue weighted by atomic mass is 19.1. The summed E-state index contributed by atoms with van der Waals surface area (Å²) in [7, 11) is 1.24. The molecule has 0 aliphatic rings. The van der Waals surface area contributed by atoms with Gasteiger partial charge >= 0.3 is 5.97 Å². The van der Waals surface area contributed by atoms with Gasteiger partial charge in [0.15, 0.2) is 0 Å². The van der Waals surface area contributed by atoms with Crippen molar-refractivity contribution in [2.75, 3.05) is 7.11 Å². The topological polar surface area (TPSA) is 65.2 Å². The predicted molar refractivity (Wildman–Crippen MR) is 52.6 cm³/mol. The minimum atomic E-state index is -0.876. The molecule has 0 saturated carbocycles. The van der Waals surface area contributed by atoms with Gasteiger partial charge in [-0.3, -0.25) is 9.78 Å². The van der Waals surface area contributed by atoms with Crippen LogP contribution in [0, 0.1) is 12.7 Å². The van der Waals surface area contributed by atoms with Crippen molar-refractivity contribution in [1.29, 1.82) is 0 Å². The third kappa shape index (κ3) is 2.73. The number of ether oxygens (including phenoxy) is 1. The smallest absolute Gasteiger partial charge is 0.323 e. The van der Waals surface area contributed by atoms with Crippen LogP contribution in [0.3, 0.4) is 0 Å². The Morgan fingerprint density at radius 3 is 3.00 bits per heavy atom. The molecule has 2 N–H and O–H groups in total. The lowest BCUT2D eigenvalue weighted by atomic mass is 10.1. The zero-order chi connectivity index (χ0) is 11.4. The maximum atomic E-state index is 13.5. The molecule has 5 heteroatoms. The molecule has 0 radical (unpaired) electrons. The van der Waals surface area contributed by atoms with E-state index >= 15 is 0 Å². The lowest BCUT2D eigenvalue weighted by Crippen LogP contribution is -2.34. The first kappa shape index (κ1) is 11.6. The third-order valence-electron chi connectivity index (χ3n) is 2.07. The molecule has 15 heavy (non-hydrogen) atoms. The number of esters is 1. The van der Waals surface area contributed by atoms with Crippen LogP contribution in [0.25, 0.3) is 0 Å². The van der Waals surface area contributed by atoms with Crippen LogP contribution in [0.1, 0.15) is 11.3 Å². The van der Waals surface area contributed by atoms with Crippen LogP contribution in [0.4, 0.5) is 4.39 Å². The highest BCUT2D eigenvalue weighted by Gasteiger charge is 2.17. The fraction of sp³-hybridized carbons (Fsp3) is 0.400. The van der Waals surface area contributed by atoms with Gasteiger partial charge in [0, 0.05) is 12.6 Å². The van der Waals surface area contributed by atoms with Crippen molar-refractivity contribution in [3.63, 3.8) is 0 Å². The first-order valence-electron chi connectivity index (χ1n) is 4.49. The van der Waals surface area contributed by atoms with Crippen LogP contribution in [0.2, 0.25) is 0 Å². The first-order valence-corrected chi connectivity index (χ1v) is 4.49. The van der Waals surface area contributed by atoms with Crippen LogP contribution in [-0.4, -0.2) is 24.1 Å². The number of hydrogen-bond donors (Lipinski definition) is 1. The zero-order valence-corrected chi connectivity index (χ0v) is 8.66. The summed E-state index contributed by atoms with van der Waals surface area (Å²) in [6, 6.07) is 0.682. The van der Waals surface area contributed by atoms with E-state index in [0.717, 1.165) is 0 Å². The fourth-order valence-electron chi connectivity index (χ4n) is 1.18. The number of nitrogens with zero attached hydrogens (tertiary/aromatic N) is 1.